The van der Waals surface area contributed by atoms with E-state index >= 15 is 0 Å². The van der Waals surface area contributed by atoms with Gasteiger partial charge in [-0.1, -0.05) is 26.7 Å². The molecule has 0 bridgehead atoms. The summed E-state index contributed by atoms with van der Waals surface area (Å²) >= 11 is 0. The number of rotatable bonds is 9. The summed E-state index contributed by atoms with van der Waals surface area (Å²) in [5.74, 6) is 1.57. The van der Waals surface area contributed by atoms with Crippen LogP contribution in [-0.4, -0.2) is 50.5 Å². The van der Waals surface area contributed by atoms with E-state index in [9.17, 15) is 5.11 Å². The predicted octanol–water partition coefficient (Wildman–Crippen LogP) is 1.77. The maximum absolute atomic E-state index is 9.27. The first-order chi connectivity index (χ1) is 10.2. The first-order valence-electron chi connectivity index (χ1n) is 8.40. The molecule has 0 amide bonds. The van der Waals surface area contributed by atoms with Crippen LogP contribution in [0.15, 0.2) is 4.99 Å². The Bertz CT molecular complexity index is 298. The number of hydrogen-bond acceptors (Lipinski definition) is 3. The number of hydrogen-bond donors (Lipinski definition) is 3. The van der Waals surface area contributed by atoms with Crippen LogP contribution in [0.25, 0.3) is 0 Å². The average Bonchev–Trinajstić information content (AvgIpc) is 2.95. The summed E-state index contributed by atoms with van der Waals surface area (Å²) < 4.78 is 5.52. The summed E-state index contributed by atoms with van der Waals surface area (Å²) in [6, 6.07) is 0. The maximum atomic E-state index is 9.27. The Morgan fingerprint density at radius 1 is 1.29 bits per heavy atom. The zero-order valence-corrected chi connectivity index (χ0v) is 14.0. The van der Waals surface area contributed by atoms with Crippen molar-refractivity contribution in [3.63, 3.8) is 0 Å². The molecule has 0 saturated carbocycles. The van der Waals surface area contributed by atoms with Crippen LogP contribution in [0.2, 0.25) is 0 Å². The van der Waals surface area contributed by atoms with Crippen LogP contribution in [0.1, 0.15) is 46.5 Å². The minimum atomic E-state index is 0.0199. The van der Waals surface area contributed by atoms with E-state index in [0.717, 1.165) is 38.5 Å². The molecular formula is C16H33N3O2. The van der Waals surface area contributed by atoms with Crippen molar-refractivity contribution >= 4 is 5.96 Å². The Hall–Kier alpha value is -0.810. The van der Waals surface area contributed by atoms with Gasteiger partial charge in [-0.15, -0.1) is 0 Å². The third-order valence-electron chi connectivity index (χ3n) is 4.46. The molecule has 0 aromatic carbocycles. The van der Waals surface area contributed by atoms with Crippen molar-refractivity contribution in [3.8, 4) is 0 Å². The molecule has 1 saturated heterocycles. The number of guanidine groups is 1. The molecule has 0 aliphatic carbocycles. The normalized spacial score (nSPS) is 22.8. The van der Waals surface area contributed by atoms with Gasteiger partial charge in [0.2, 0.25) is 0 Å². The van der Waals surface area contributed by atoms with Crippen LogP contribution in [0, 0.1) is 11.3 Å². The molecule has 0 aromatic rings. The third kappa shape index (κ3) is 6.22. The van der Waals surface area contributed by atoms with E-state index < -0.39 is 0 Å². The lowest BCUT2D eigenvalue weighted by molar-refractivity contribution is 0.131. The van der Waals surface area contributed by atoms with Gasteiger partial charge < -0.3 is 20.5 Å². The van der Waals surface area contributed by atoms with Gasteiger partial charge in [-0.05, 0) is 25.7 Å². The molecule has 1 unspecified atom stereocenters. The van der Waals surface area contributed by atoms with Crippen LogP contribution in [-0.2, 0) is 4.74 Å². The fourth-order valence-corrected chi connectivity index (χ4v) is 2.69. The Balaban J connectivity index is 2.57. The largest absolute Gasteiger partial charge is 0.396 e. The topological polar surface area (TPSA) is 65.9 Å². The van der Waals surface area contributed by atoms with Gasteiger partial charge >= 0.3 is 0 Å². The number of nitrogens with one attached hydrogen (secondary N) is 2. The minimum Gasteiger partial charge on any atom is -0.396 e. The van der Waals surface area contributed by atoms with E-state index in [1.165, 1.54) is 12.8 Å². The minimum absolute atomic E-state index is 0.0199. The average molecular weight is 299 g/mol. The van der Waals surface area contributed by atoms with Gasteiger partial charge in [0, 0.05) is 31.7 Å². The highest BCUT2D eigenvalue weighted by atomic mass is 16.5. The molecule has 1 aliphatic rings. The first kappa shape index (κ1) is 18.2. The monoisotopic (exact) mass is 299 g/mol. The Kier molecular flexibility index (Phi) is 8.69. The highest BCUT2D eigenvalue weighted by Gasteiger charge is 2.34. The van der Waals surface area contributed by atoms with Gasteiger partial charge in [-0.3, -0.25) is 4.99 Å². The lowest BCUT2D eigenvalue weighted by atomic mass is 9.84. The predicted molar refractivity (Wildman–Crippen MR) is 87.6 cm³/mol. The fourth-order valence-electron chi connectivity index (χ4n) is 2.69. The highest BCUT2D eigenvalue weighted by molar-refractivity contribution is 5.79. The van der Waals surface area contributed by atoms with Crippen molar-refractivity contribution in [2.24, 2.45) is 16.3 Å². The number of ether oxygens (including phenoxy) is 1. The summed E-state index contributed by atoms with van der Waals surface area (Å²) in [7, 11) is 0. The van der Waals surface area contributed by atoms with Crippen molar-refractivity contribution in [3.05, 3.63) is 0 Å². The van der Waals surface area contributed by atoms with Gasteiger partial charge in [0.05, 0.1) is 13.2 Å². The zero-order chi connectivity index (χ0) is 15.6. The molecule has 1 rings (SSSR count). The second kappa shape index (κ2) is 10.0. The fraction of sp³-hybridized carbons (Fsp3) is 0.938. The molecule has 1 aliphatic heterocycles. The Morgan fingerprint density at radius 3 is 2.57 bits per heavy atom. The molecule has 1 atom stereocenters. The zero-order valence-electron chi connectivity index (χ0n) is 14.0. The SMILES string of the molecule is CCNC(=NCC1(CCO)CCOC1)NCC(CC)CC. The quantitative estimate of drug-likeness (QED) is 0.448. The van der Waals surface area contributed by atoms with Crippen LogP contribution in [0.5, 0.6) is 0 Å². The molecule has 5 heteroatoms. The van der Waals surface area contributed by atoms with E-state index in [-0.39, 0.29) is 12.0 Å². The number of nitrogens with zero attached hydrogens (tertiary/aromatic N) is 1. The molecule has 124 valence electrons. The summed E-state index contributed by atoms with van der Waals surface area (Å²) in [5.41, 5.74) is 0.0199. The van der Waals surface area contributed by atoms with Crippen LogP contribution < -0.4 is 10.6 Å². The Morgan fingerprint density at radius 2 is 2.05 bits per heavy atom. The number of aliphatic hydroxyl groups is 1. The maximum Gasteiger partial charge on any atom is 0.191 e. The van der Waals surface area contributed by atoms with Crippen molar-refractivity contribution in [1.82, 2.24) is 10.6 Å². The van der Waals surface area contributed by atoms with Crippen molar-refractivity contribution in [1.29, 1.82) is 0 Å². The Labute approximate surface area is 129 Å². The third-order valence-corrected chi connectivity index (χ3v) is 4.46. The van der Waals surface area contributed by atoms with Crippen molar-refractivity contribution in [2.45, 2.75) is 46.5 Å². The van der Waals surface area contributed by atoms with E-state index in [1.54, 1.807) is 0 Å². The van der Waals surface area contributed by atoms with Gasteiger partial charge in [-0.25, -0.2) is 0 Å². The molecular weight excluding hydrogens is 266 g/mol. The number of aliphatic hydroxyl groups excluding tert-OH is 1. The smallest absolute Gasteiger partial charge is 0.191 e. The summed E-state index contributed by atoms with van der Waals surface area (Å²) in [6.07, 6.45) is 4.13. The standard InChI is InChI=1S/C16H33N3O2/c1-4-14(5-2)11-18-15(17-6-3)19-12-16(7-9-20)8-10-21-13-16/h14,20H,4-13H2,1-3H3,(H2,17,18,19). The van der Waals surface area contributed by atoms with Crippen molar-refractivity contribution < 1.29 is 9.84 Å². The van der Waals surface area contributed by atoms with E-state index in [1.807, 2.05) is 0 Å². The summed E-state index contributed by atoms with van der Waals surface area (Å²) in [6.45, 7) is 10.8. The molecule has 21 heavy (non-hydrogen) atoms. The molecule has 1 fully saturated rings. The lowest BCUT2D eigenvalue weighted by Gasteiger charge is -2.25. The van der Waals surface area contributed by atoms with Crippen molar-refractivity contribution in [2.75, 3.05) is 39.5 Å². The van der Waals surface area contributed by atoms with Crippen LogP contribution >= 0.6 is 0 Å². The van der Waals surface area contributed by atoms with Gasteiger partial charge in [0.25, 0.3) is 0 Å². The van der Waals surface area contributed by atoms with Gasteiger partial charge in [0.15, 0.2) is 5.96 Å². The second-order valence-electron chi connectivity index (χ2n) is 6.03. The molecule has 0 aromatic heterocycles. The van der Waals surface area contributed by atoms with E-state index in [4.69, 9.17) is 9.73 Å². The highest BCUT2D eigenvalue weighted by Crippen LogP contribution is 2.32. The van der Waals surface area contributed by atoms with Crippen LogP contribution in [0.3, 0.4) is 0 Å². The van der Waals surface area contributed by atoms with Crippen LogP contribution in [0.4, 0.5) is 0 Å². The molecule has 0 spiro atoms. The molecule has 1 heterocycles. The lowest BCUT2D eigenvalue weighted by Crippen LogP contribution is -2.41. The van der Waals surface area contributed by atoms with Gasteiger partial charge in [0.1, 0.15) is 0 Å². The summed E-state index contributed by atoms with van der Waals surface area (Å²) in [4.78, 5) is 4.73. The van der Waals surface area contributed by atoms with E-state index in [2.05, 4.69) is 31.4 Å². The summed E-state index contributed by atoms with van der Waals surface area (Å²) in [5, 5.41) is 16.0. The number of aliphatic imine (C=N–C) groups is 1. The first-order valence-corrected chi connectivity index (χ1v) is 8.40. The second-order valence-corrected chi connectivity index (χ2v) is 6.03. The molecule has 3 N–H and O–H groups in total. The molecule has 0 radical (unpaired) electrons. The van der Waals surface area contributed by atoms with E-state index in [0.29, 0.717) is 19.1 Å². The molecule has 5 nitrogen and oxygen atoms in total. The van der Waals surface area contributed by atoms with Gasteiger partial charge in [-0.2, -0.15) is 0 Å².